The Hall–Kier alpha value is -1.79. The molecule has 0 aliphatic heterocycles. The molecule has 0 bridgehead atoms. The number of nitrogens with one attached hydrogen (secondary N) is 1. The predicted octanol–water partition coefficient (Wildman–Crippen LogP) is 4.94. The second-order valence-corrected chi connectivity index (χ2v) is 7.61. The summed E-state index contributed by atoms with van der Waals surface area (Å²) in [5.74, 6) is -0.404. The van der Waals surface area contributed by atoms with Crippen LogP contribution in [0.15, 0.2) is 36.5 Å². The van der Waals surface area contributed by atoms with E-state index in [1.807, 2.05) is 23.6 Å². The molecular weight excluding hydrogens is 409 g/mol. The number of nitrogens with zero attached hydrogens (tertiary/aromatic N) is 2. The maximum atomic E-state index is 12.7. The van der Waals surface area contributed by atoms with Crippen molar-refractivity contribution in [2.45, 2.75) is 32.8 Å². The molecule has 3 aromatic rings. The van der Waals surface area contributed by atoms with Crippen LogP contribution in [0.3, 0.4) is 0 Å². The molecule has 27 heavy (non-hydrogen) atoms. The molecule has 3 rings (SSSR count). The number of halogens is 3. The number of hydrogen-bond donors (Lipinski definition) is 2. The summed E-state index contributed by atoms with van der Waals surface area (Å²) in [4.78, 5) is 17.2. The summed E-state index contributed by atoms with van der Waals surface area (Å²) in [7, 11) is 0. The summed E-state index contributed by atoms with van der Waals surface area (Å²) >= 11 is 12.2. The third-order valence-electron chi connectivity index (χ3n) is 3.99. The molecule has 0 fully saturated rings. The zero-order valence-electron chi connectivity index (χ0n) is 15.1. The van der Waals surface area contributed by atoms with Crippen LogP contribution in [0.2, 0.25) is 10.0 Å². The number of hydrogen-bond acceptors (Lipinski definition) is 3. The molecule has 0 aliphatic carbocycles. The number of pyridine rings is 1. The van der Waals surface area contributed by atoms with Crippen molar-refractivity contribution in [1.82, 2.24) is 9.38 Å². The average molecular weight is 429 g/mol. The highest BCUT2D eigenvalue weighted by Gasteiger charge is 2.21. The van der Waals surface area contributed by atoms with E-state index in [9.17, 15) is 9.90 Å². The second kappa shape index (κ2) is 8.07. The smallest absolute Gasteiger partial charge is 0.258 e. The van der Waals surface area contributed by atoms with Gasteiger partial charge in [-0.05, 0) is 45.0 Å². The fourth-order valence-corrected chi connectivity index (χ4v) is 3.42. The molecule has 0 unspecified atom stereocenters. The molecule has 0 atom stereocenters. The van der Waals surface area contributed by atoms with Crippen molar-refractivity contribution in [2.24, 2.45) is 0 Å². The number of aliphatic hydroxyl groups is 1. The summed E-state index contributed by atoms with van der Waals surface area (Å²) in [6.45, 7) is 5.37. The molecule has 144 valence electrons. The molecule has 0 aliphatic rings. The monoisotopic (exact) mass is 427 g/mol. The molecule has 0 saturated carbocycles. The van der Waals surface area contributed by atoms with Crippen molar-refractivity contribution < 1.29 is 9.90 Å². The Morgan fingerprint density at radius 2 is 1.85 bits per heavy atom. The fraction of sp³-hybridized carbons (Fsp3) is 0.263. The Bertz CT molecular complexity index is 974. The van der Waals surface area contributed by atoms with Gasteiger partial charge in [0.2, 0.25) is 0 Å². The van der Waals surface area contributed by atoms with Gasteiger partial charge in [0, 0.05) is 18.3 Å². The molecule has 0 spiro atoms. The molecule has 1 aromatic carbocycles. The number of carbonyl (C=O) groups excluding carboxylic acids is 1. The van der Waals surface area contributed by atoms with Gasteiger partial charge in [0.25, 0.3) is 5.91 Å². The minimum atomic E-state index is -0.870. The second-order valence-electron chi connectivity index (χ2n) is 6.80. The van der Waals surface area contributed by atoms with Crippen LogP contribution in [-0.4, -0.2) is 26.0 Å². The Balaban J connectivity index is 0.00000261. The van der Waals surface area contributed by atoms with Crippen LogP contribution < -0.4 is 5.32 Å². The van der Waals surface area contributed by atoms with E-state index in [0.29, 0.717) is 17.8 Å². The van der Waals surface area contributed by atoms with Crippen molar-refractivity contribution in [1.29, 1.82) is 0 Å². The maximum Gasteiger partial charge on any atom is 0.258 e. The van der Waals surface area contributed by atoms with Crippen LogP contribution in [0.25, 0.3) is 5.65 Å². The standard InChI is InChI=1S/C19H19Cl2N3O2.ClH/c1-11-15(10-19(2,3)26)24-9-5-8-14(17(24)22-11)23-18(25)16-12(20)6-4-7-13(16)21;/h4-9,26H,10H2,1-3H3,(H,23,25);1H. The molecule has 0 radical (unpaired) electrons. The minimum absolute atomic E-state index is 0. The molecule has 2 N–H and O–H groups in total. The van der Waals surface area contributed by atoms with Crippen LogP contribution in [0, 0.1) is 6.92 Å². The Morgan fingerprint density at radius 3 is 2.44 bits per heavy atom. The first-order valence-electron chi connectivity index (χ1n) is 8.11. The Labute approximate surface area is 173 Å². The van der Waals surface area contributed by atoms with Crippen molar-refractivity contribution in [3.63, 3.8) is 0 Å². The first-order valence-corrected chi connectivity index (χ1v) is 8.87. The third kappa shape index (κ3) is 4.55. The minimum Gasteiger partial charge on any atom is -0.390 e. The number of anilines is 1. The summed E-state index contributed by atoms with van der Waals surface area (Å²) < 4.78 is 1.87. The van der Waals surface area contributed by atoms with Crippen LogP contribution in [0.4, 0.5) is 5.69 Å². The van der Waals surface area contributed by atoms with Gasteiger partial charge in [-0.2, -0.15) is 0 Å². The van der Waals surface area contributed by atoms with E-state index in [4.69, 9.17) is 23.2 Å². The summed E-state index contributed by atoms with van der Waals surface area (Å²) in [5, 5.41) is 13.6. The van der Waals surface area contributed by atoms with Crippen LogP contribution in [0.1, 0.15) is 35.6 Å². The van der Waals surface area contributed by atoms with Gasteiger partial charge in [-0.3, -0.25) is 4.79 Å². The first kappa shape index (κ1) is 21.5. The van der Waals surface area contributed by atoms with E-state index in [2.05, 4.69) is 10.3 Å². The highest BCUT2D eigenvalue weighted by atomic mass is 35.5. The number of benzene rings is 1. The van der Waals surface area contributed by atoms with E-state index in [0.717, 1.165) is 11.4 Å². The zero-order valence-corrected chi connectivity index (χ0v) is 17.4. The van der Waals surface area contributed by atoms with E-state index >= 15 is 0 Å². The number of rotatable bonds is 4. The molecule has 2 aromatic heterocycles. The van der Waals surface area contributed by atoms with E-state index in [1.165, 1.54) is 0 Å². The Morgan fingerprint density at radius 1 is 1.22 bits per heavy atom. The van der Waals surface area contributed by atoms with Crippen LogP contribution in [0.5, 0.6) is 0 Å². The van der Waals surface area contributed by atoms with E-state index < -0.39 is 11.5 Å². The first-order chi connectivity index (χ1) is 12.2. The SMILES string of the molecule is Cc1nc2c(NC(=O)c3c(Cl)cccc3Cl)cccn2c1CC(C)(C)O.Cl. The normalized spacial score (nSPS) is 11.3. The fourth-order valence-electron chi connectivity index (χ4n) is 2.85. The van der Waals surface area contributed by atoms with Crippen LogP contribution in [-0.2, 0) is 6.42 Å². The number of imidazole rings is 1. The Kier molecular flexibility index (Phi) is 6.43. The van der Waals surface area contributed by atoms with Crippen molar-refractivity contribution >= 4 is 52.9 Å². The van der Waals surface area contributed by atoms with Crippen molar-refractivity contribution in [2.75, 3.05) is 5.32 Å². The number of fused-ring (bicyclic) bond motifs is 1. The van der Waals surface area contributed by atoms with Crippen molar-refractivity contribution in [3.8, 4) is 0 Å². The van der Waals surface area contributed by atoms with E-state index in [-0.39, 0.29) is 28.0 Å². The summed E-state index contributed by atoms with van der Waals surface area (Å²) in [5.41, 5.74) is 2.17. The number of aromatic nitrogens is 2. The maximum absolute atomic E-state index is 12.7. The lowest BCUT2D eigenvalue weighted by Gasteiger charge is -2.17. The lowest BCUT2D eigenvalue weighted by molar-refractivity contribution is 0.0795. The van der Waals surface area contributed by atoms with Gasteiger partial charge < -0.3 is 14.8 Å². The van der Waals surface area contributed by atoms with Gasteiger partial charge in [-0.15, -0.1) is 12.4 Å². The van der Waals surface area contributed by atoms with Crippen molar-refractivity contribution in [3.05, 3.63) is 63.5 Å². The van der Waals surface area contributed by atoms with Gasteiger partial charge in [0.15, 0.2) is 5.65 Å². The van der Waals surface area contributed by atoms with Gasteiger partial charge in [0.1, 0.15) is 0 Å². The molecule has 0 saturated heterocycles. The summed E-state index contributed by atoms with van der Waals surface area (Å²) in [6.07, 6.45) is 2.29. The predicted molar refractivity (Wildman–Crippen MR) is 112 cm³/mol. The number of amides is 1. The van der Waals surface area contributed by atoms with Gasteiger partial charge >= 0.3 is 0 Å². The average Bonchev–Trinajstić information content (AvgIpc) is 2.83. The summed E-state index contributed by atoms with van der Waals surface area (Å²) in [6, 6.07) is 8.49. The lowest BCUT2D eigenvalue weighted by atomic mass is 10.0. The van der Waals surface area contributed by atoms with Gasteiger partial charge in [-0.1, -0.05) is 29.3 Å². The number of carbonyl (C=O) groups is 1. The molecule has 5 nitrogen and oxygen atoms in total. The van der Waals surface area contributed by atoms with Gasteiger partial charge in [-0.25, -0.2) is 4.98 Å². The van der Waals surface area contributed by atoms with Gasteiger partial charge in [0.05, 0.1) is 32.6 Å². The quantitative estimate of drug-likeness (QED) is 0.618. The number of aryl methyl sites for hydroxylation is 1. The third-order valence-corrected chi connectivity index (χ3v) is 4.62. The topological polar surface area (TPSA) is 66.6 Å². The highest BCUT2D eigenvalue weighted by Crippen LogP contribution is 2.27. The highest BCUT2D eigenvalue weighted by molar-refractivity contribution is 6.40. The van der Waals surface area contributed by atoms with E-state index in [1.54, 1.807) is 38.1 Å². The largest absolute Gasteiger partial charge is 0.390 e. The molecule has 2 heterocycles. The zero-order chi connectivity index (χ0) is 19.1. The molecular formula is C19H20Cl3N3O2. The lowest BCUT2D eigenvalue weighted by Crippen LogP contribution is -2.23. The molecule has 8 heteroatoms. The van der Waals surface area contributed by atoms with Crippen LogP contribution >= 0.6 is 35.6 Å². The molecule has 1 amide bonds.